The molecule has 0 spiro atoms. The number of hydrogen-bond acceptors (Lipinski definition) is 5. The molecule has 0 aliphatic heterocycles. The van der Waals surface area contributed by atoms with Crippen molar-refractivity contribution in [3.05, 3.63) is 65.8 Å². The van der Waals surface area contributed by atoms with Crippen LogP contribution in [0.2, 0.25) is 0 Å². The largest absolute Gasteiger partial charge is 0.423 e. The molecule has 0 bridgehead atoms. The van der Waals surface area contributed by atoms with Gasteiger partial charge >= 0.3 is 5.97 Å². The van der Waals surface area contributed by atoms with E-state index in [0.29, 0.717) is 17.5 Å². The molecular formula is C16H11FN2O3. The van der Waals surface area contributed by atoms with E-state index in [9.17, 15) is 9.18 Å². The molecule has 0 radical (unpaired) electrons. The number of carbonyl (C=O) groups is 1. The number of esters is 1. The lowest BCUT2D eigenvalue weighted by Gasteiger charge is -2.05. The molecule has 3 rings (SSSR count). The second kappa shape index (κ2) is 5.77. The monoisotopic (exact) mass is 298 g/mol. The SMILES string of the molecule is Cc1nc(-c2ccc(OC(=O)c3ccccc3F)cc2)no1. The van der Waals surface area contributed by atoms with E-state index in [2.05, 4.69) is 10.1 Å². The van der Waals surface area contributed by atoms with Gasteiger partial charge in [0.15, 0.2) is 0 Å². The Hall–Kier alpha value is -3.02. The van der Waals surface area contributed by atoms with Gasteiger partial charge in [-0.2, -0.15) is 4.98 Å². The number of ether oxygens (including phenoxy) is 1. The Bertz CT molecular complexity index is 812. The lowest BCUT2D eigenvalue weighted by Crippen LogP contribution is -2.10. The molecular weight excluding hydrogens is 287 g/mol. The van der Waals surface area contributed by atoms with Crippen LogP contribution in [0.1, 0.15) is 16.2 Å². The first-order chi connectivity index (χ1) is 10.6. The van der Waals surface area contributed by atoms with Gasteiger partial charge in [-0.05, 0) is 36.4 Å². The number of aromatic nitrogens is 2. The van der Waals surface area contributed by atoms with Gasteiger partial charge in [-0.1, -0.05) is 17.3 Å². The molecule has 6 heteroatoms. The van der Waals surface area contributed by atoms with Crippen LogP contribution in [0, 0.1) is 12.7 Å². The zero-order valence-electron chi connectivity index (χ0n) is 11.6. The molecule has 0 N–H and O–H groups in total. The predicted octanol–water partition coefficient (Wildman–Crippen LogP) is 3.40. The minimum Gasteiger partial charge on any atom is -0.423 e. The van der Waals surface area contributed by atoms with Gasteiger partial charge in [-0.3, -0.25) is 0 Å². The van der Waals surface area contributed by atoms with Gasteiger partial charge < -0.3 is 9.26 Å². The van der Waals surface area contributed by atoms with E-state index in [1.807, 2.05) is 0 Å². The molecule has 0 atom stereocenters. The van der Waals surface area contributed by atoms with Crippen LogP contribution < -0.4 is 4.74 Å². The lowest BCUT2D eigenvalue weighted by atomic mass is 10.2. The van der Waals surface area contributed by atoms with E-state index in [0.717, 1.165) is 5.56 Å². The molecule has 110 valence electrons. The molecule has 1 aromatic heterocycles. The van der Waals surface area contributed by atoms with Gasteiger partial charge in [-0.15, -0.1) is 0 Å². The van der Waals surface area contributed by atoms with Crippen LogP contribution in [0.3, 0.4) is 0 Å². The van der Waals surface area contributed by atoms with Crippen molar-refractivity contribution in [2.45, 2.75) is 6.92 Å². The fraction of sp³-hybridized carbons (Fsp3) is 0.0625. The summed E-state index contributed by atoms with van der Waals surface area (Å²) in [7, 11) is 0. The fourth-order valence-electron chi connectivity index (χ4n) is 1.88. The van der Waals surface area contributed by atoms with Gasteiger partial charge in [0, 0.05) is 12.5 Å². The molecule has 0 aliphatic rings. The third-order valence-corrected chi connectivity index (χ3v) is 2.94. The fourth-order valence-corrected chi connectivity index (χ4v) is 1.88. The highest BCUT2D eigenvalue weighted by Gasteiger charge is 2.13. The second-order valence-corrected chi connectivity index (χ2v) is 4.53. The Morgan fingerprint density at radius 3 is 2.50 bits per heavy atom. The minimum atomic E-state index is -0.749. The summed E-state index contributed by atoms with van der Waals surface area (Å²) in [4.78, 5) is 16.0. The number of benzene rings is 2. The summed E-state index contributed by atoms with van der Waals surface area (Å²) in [6.07, 6.45) is 0. The number of carbonyl (C=O) groups excluding carboxylic acids is 1. The number of halogens is 1. The van der Waals surface area contributed by atoms with Crippen molar-refractivity contribution < 1.29 is 18.4 Å². The molecule has 3 aromatic rings. The molecule has 0 fully saturated rings. The highest BCUT2D eigenvalue weighted by Crippen LogP contribution is 2.21. The zero-order valence-corrected chi connectivity index (χ0v) is 11.6. The third-order valence-electron chi connectivity index (χ3n) is 2.94. The average Bonchev–Trinajstić information content (AvgIpc) is 2.95. The van der Waals surface area contributed by atoms with Crippen molar-refractivity contribution in [1.82, 2.24) is 10.1 Å². The first-order valence-electron chi connectivity index (χ1n) is 6.51. The van der Waals surface area contributed by atoms with Crippen molar-refractivity contribution in [3.63, 3.8) is 0 Å². The van der Waals surface area contributed by atoms with Crippen LogP contribution in [0.25, 0.3) is 11.4 Å². The van der Waals surface area contributed by atoms with Crippen LogP contribution in [0.5, 0.6) is 5.75 Å². The summed E-state index contributed by atoms with van der Waals surface area (Å²) in [5.74, 6) is -0.153. The molecule has 2 aromatic carbocycles. The Labute approximate surface area is 125 Å². The first-order valence-corrected chi connectivity index (χ1v) is 6.51. The normalized spacial score (nSPS) is 10.5. The van der Waals surface area contributed by atoms with Crippen molar-refractivity contribution in [3.8, 4) is 17.1 Å². The quantitative estimate of drug-likeness (QED) is 0.547. The van der Waals surface area contributed by atoms with E-state index in [4.69, 9.17) is 9.26 Å². The molecule has 5 nitrogen and oxygen atoms in total. The maximum atomic E-state index is 13.5. The van der Waals surface area contributed by atoms with E-state index in [-0.39, 0.29) is 5.56 Å². The number of hydrogen-bond donors (Lipinski definition) is 0. The molecule has 0 saturated carbocycles. The standard InChI is InChI=1S/C16H11FN2O3/c1-10-18-15(19-22-10)11-6-8-12(9-7-11)21-16(20)13-4-2-3-5-14(13)17/h2-9H,1H3. The van der Waals surface area contributed by atoms with Gasteiger partial charge in [0.05, 0.1) is 5.56 Å². The van der Waals surface area contributed by atoms with E-state index < -0.39 is 11.8 Å². The topological polar surface area (TPSA) is 65.2 Å². The number of aryl methyl sites for hydroxylation is 1. The summed E-state index contributed by atoms with van der Waals surface area (Å²) in [6, 6.07) is 12.2. The second-order valence-electron chi connectivity index (χ2n) is 4.53. The highest BCUT2D eigenvalue weighted by atomic mass is 19.1. The maximum Gasteiger partial charge on any atom is 0.346 e. The van der Waals surface area contributed by atoms with Crippen molar-refractivity contribution in [1.29, 1.82) is 0 Å². The lowest BCUT2D eigenvalue weighted by molar-refractivity contribution is 0.0730. The number of rotatable bonds is 3. The van der Waals surface area contributed by atoms with Gasteiger partial charge in [0.2, 0.25) is 11.7 Å². The Kier molecular flexibility index (Phi) is 3.65. The Morgan fingerprint density at radius 2 is 1.86 bits per heavy atom. The van der Waals surface area contributed by atoms with Crippen LogP contribution in [0.15, 0.2) is 53.1 Å². The van der Waals surface area contributed by atoms with Crippen molar-refractivity contribution in [2.75, 3.05) is 0 Å². The van der Waals surface area contributed by atoms with Crippen LogP contribution in [0.4, 0.5) is 4.39 Å². The molecule has 0 unspecified atom stereocenters. The van der Waals surface area contributed by atoms with Gasteiger partial charge in [0.25, 0.3) is 0 Å². The number of nitrogens with zero attached hydrogens (tertiary/aromatic N) is 2. The molecule has 1 heterocycles. The summed E-state index contributed by atoms with van der Waals surface area (Å²) in [5, 5.41) is 3.79. The summed E-state index contributed by atoms with van der Waals surface area (Å²) < 4.78 is 23.5. The third kappa shape index (κ3) is 2.85. The molecule has 0 amide bonds. The van der Waals surface area contributed by atoms with Crippen LogP contribution in [-0.2, 0) is 0 Å². The Morgan fingerprint density at radius 1 is 1.14 bits per heavy atom. The predicted molar refractivity (Wildman–Crippen MR) is 75.8 cm³/mol. The summed E-state index contributed by atoms with van der Waals surface area (Å²) >= 11 is 0. The minimum absolute atomic E-state index is 0.111. The van der Waals surface area contributed by atoms with Crippen molar-refractivity contribution in [2.24, 2.45) is 0 Å². The summed E-state index contributed by atoms with van der Waals surface area (Å²) in [6.45, 7) is 1.70. The molecule has 22 heavy (non-hydrogen) atoms. The van der Waals surface area contributed by atoms with E-state index in [1.165, 1.54) is 18.2 Å². The van der Waals surface area contributed by atoms with Crippen LogP contribution in [-0.4, -0.2) is 16.1 Å². The van der Waals surface area contributed by atoms with Crippen LogP contribution >= 0.6 is 0 Å². The molecule has 0 aliphatic carbocycles. The van der Waals surface area contributed by atoms with Gasteiger partial charge in [0.1, 0.15) is 11.6 Å². The van der Waals surface area contributed by atoms with Crippen molar-refractivity contribution >= 4 is 5.97 Å². The average molecular weight is 298 g/mol. The molecule has 0 saturated heterocycles. The summed E-state index contributed by atoms with van der Waals surface area (Å²) in [5.41, 5.74) is 0.614. The smallest absolute Gasteiger partial charge is 0.346 e. The first kappa shape index (κ1) is 13.9. The maximum absolute atomic E-state index is 13.5. The van der Waals surface area contributed by atoms with E-state index >= 15 is 0 Å². The highest BCUT2D eigenvalue weighted by molar-refractivity contribution is 5.91. The van der Waals surface area contributed by atoms with E-state index in [1.54, 1.807) is 37.3 Å². The Balaban J connectivity index is 1.76. The zero-order chi connectivity index (χ0) is 15.5. The van der Waals surface area contributed by atoms with Gasteiger partial charge in [-0.25, -0.2) is 9.18 Å².